The summed E-state index contributed by atoms with van der Waals surface area (Å²) >= 11 is 0. The Kier molecular flexibility index (Phi) is 9.93. The molecule has 1 aliphatic rings. The average molecular weight is 276 g/mol. The van der Waals surface area contributed by atoms with Gasteiger partial charge in [0, 0.05) is 38.9 Å². The van der Waals surface area contributed by atoms with E-state index in [9.17, 15) is 0 Å². The Balaban J connectivity index is 0.000000327. The van der Waals surface area contributed by atoms with Crippen LogP contribution in [0.4, 0.5) is 5.69 Å². The maximum absolute atomic E-state index is 8.43. The van der Waals surface area contributed by atoms with Gasteiger partial charge in [-0.25, -0.2) is 0 Å². The Labute approximate surface area is 121 Å². The Bertz CT molecular complexity index is 381. The number of anilines is 1. The molecule has 0 atom stereocenters. The molecule has 0 bridgehead atoms. The van der Waals surface area contributed by atoms with Crippen molar-refractivity contribution in [1.29, 1.82) is 5.26 Å². The number of carbonyl (C=O) groups excluding carboxylic acids is 1. The van der Waals surface area contributed by atoms with Crippen molar-refractivity contribution in [2.24, 2.45) is 0 Å². The lowest BCUT2D eigenvalue weighted by atomic mass is 10.2. The molecule has 1 aliphatic heterocycles. The average Bonchev–Trinajstić information content (AvgIpc) is 2.53. The minimum Gasteiger partial charge on any atom is -0.388 e. The zero-order valence-electron chi connectivity index (χ0n) is 12.6. The first-order valence-electron chi connectivity index (χ1n) is 6.49. The van der Waals surface area contributed by atoms with Gasteiger partial charge < -0.3 is 19.9 Å². The molecule has 1 aromatic rings. The monoisotopic (exact) mass is 276 g/mol. The molecule has 0 aliphatic carbocycles. The molecule has 5 nitrogen and oxygen atoms in total. The van der Waals surface area contributed by atoms with Crippen molar-refractivity contribution in [3.8, 4) is 6.07 Å². The number of carbonyl (C=O) groups is 1. The fraction of sp³-hybridized carbons (Fsp3) is 0.467. The number of likely N-dealkylation sites (N-methyl/N-ethyl adjacent to an activating group) is 2. The first-order chi connectivity index (χ1) is 9.65. The van der Waals surface area contributed by atoms with Crippen molar-refractivity contribution < 1.29 is 4.79 Å². The molecule has 110 valence electrons. The van der Waals surface area contributed by atoms with E-state index in [1.165, 1.54) is 26.2 Å². The Morgan fingerprint density at radius 2 is 1.45 bits per heavy atom. The van der Waals surface area contributed by atoms with E-state index >= 15 is 0 Å². The largest absolute Gasteiger partial charge is 0.388 e. The summed E-state index contributed by atoms with van der Waals surface area (Å²) in [4.78, 5) is 12.7. The van der Waals surface area contributed by atoms with Crippen LogP contribution in [-0.2, 0) is 4.79 Å². The predicted octanol–water partition coefficient (Wildman–Crippen LogP) is 1.28. The summed E-state index contributed by atoms with van der Waals surface area (Å²) in [6.07, 6.45) is 0. The Morgan fingerprint density at radius 1 is 1.05 bits per heavy atom. The smallest absolute Gasteiger partial charge is 0.106 e. The highest BCUT2D eigenvalue weighted by molar-refractivity contribution is 5.46. The van der Waals surface area contributed by atoms with Crippen LogP contribution in [0.3, 0.4) is 0 Å². The van der Waals surface area contributed by atoms with Crippen LogP contribution < -0.4 is 5.32 Å². The fourth-order valence-corrected chi connectivity index (χ4v) is 1.62. The normalized spacial score (nSPS) is 14.9. The van der Waals surface area contributed by atoms with Crippen molar-refractivity contribution in [3.63, 3.8) is 0 Å². The van der Waals surface area contributed by atoms with Crippen LogP contribution in [0.5, 0.6) is 0 Å². The van der Waals surface area contributed by atoms with Gasteiger partial charge in [0.05, 0.1) is 11.6 Å². The highest BCUT2D eigenvalue weighted by Gasteiger charge is 2.07. The molecule has 1 N–H and O–H groups in total. The van der Waals surface area contributed by atoms with Crippen molar-refractivity contribution in [1.82, 2.24) is 9.80 Å². The first kappa shape index (κ1) is 18.1. The van der Waals surface area contributed by atoms with Gasteiger partial charge in [0.25, 0.3) is 0 Å². The molecule has 2 rings (SSSR count). The molecular formula is C15H24N4O. The molecule has 0 amide bonds. The zero-order valence-corrected chi connectivity index (χ0v) is 12.6. The summed E-state index contributed by atoms with van der Waals surface area (Å²) in [6.45, 7) is 6.93. The second-order valence-corrected chi connectivity index (χ2v) is 4.55. The maximum atomic E-state index is 8.43. The van der Waals surface area contributed by atoms with Gasteiger partial charge in [-0.15, -0.1) is 0 Å². The Morgan fingerprint density at radius 3 is 1.75 bits per heavy atom. The molecule has 5 heteroatoms. The summed E-state index contributed by atoms with van der Waals surface area (Å²) in [5, 5.41) is 11.4. The molecule has 0 radical (unpaired) electrons. The quantitative estimate of drug-likeness (QED) is 0.837. The minimum absolute atomic E-state index is 0.694. The number of nitrogens with one attached hydrogen (secondary N) is 1. The molecular weight excluding hydrogens is 252 g/mol. The number of nitriles is 1. The molecule has 0 aromatic heterocycles. The number of piperazine rings is 1. The second kappa shape index (κ2) is 11.0. The highest BCUT2D eigenvalue weighted by atomic mass is 16.1. The summed E-state index contributed by atoms with van der Waals surface area (Å²) in [5.74, 6) is 0. The van der Waals surface area contributed by atoms with Crippen molar-refractivity contribution in [2.45, 2.75) is 0 Å². The first-order valence-corrected chi connectivity index (χ1v) is 6.49. The number of benzene rings is 1. The molecule has 1 aromatic carbocycles. The second-order valence-electron chi connectivity index (χ2n) is 4.55. The van der Waals surface area contributed by atoms with Gasteiger partial charge >= 0.3 is 0 Å². The molecule has 20 heavy (non-hydrogen) atoms. The van der Waals surface area contributed by atoms with Crippen LogP contribution in [0.2, 0.25) is 0 Å². The molecule has 1 heterocycles. The van der Waals surface area contributed by atoms with Crippen LogP contribution >= 0.6 is 0 Å². The van der Waals surface area contributed by atoms with E-state index in [1.54, 1.807) is 12.1 Å². The van der Waals surface area contributed by atoms with Crippen molar-refractivity contribution in [2.75, 3.05) is 52.6 Å². The topological polar surface area (TPSA) is 59.4 Å². The summed E-state index contributed by atoms with van der Waals surface area (Å²) < 4.78 is 0. The third-order valence-corrected chi connectivity index (χ3v) is 3.03. The van der Waals surface area contributed by atoms with Gasteiger partial charge in [0.1, 0.15) is 6.79 Å². The van der Waals surface area contributed by atoms with Gasteiger partial charge in [-0.1, -0.05) is 0 Å². The predicted molar refractivity (Wildman–Crippen MR) is 82.8 cm³/mol. The summed E-state index contributed by atoms with van der Waals surface area (Å²) in [7, 11) is 6.20. The van der Waals surface area contributed by atoms with E-state index in [0.717, 1.165) is 5.69 Å². The summed E-state index contributed by atoms with van der Waals surface area (Å²) in [6, 6.07) is 9.36. The lowest BCUT2D eigenvalue weighted by Crippen LogP contribution is -2.42. The van der Waals surface area contributed by atoms with E-state index in [4.69, 9.17) is 10.1 Å². The van der Waals surface area contributed by atoms with Gasteiger partial charge in [-0.2, -0.15) is 5.26 Å². The SMILES string of the molecule is C=O.CN1CCN(C)CC1.CNc1ccc(C#N)cc1. The summed E-state index contributed by atoms with van der Waals surface area (Å²) in [5.41, 5.74) is 1.72. The number of rotatable bonds is 1. The van der Waals surface area contributed by atoms with Crippen molar-refractivity contribution in [3.05, 3.63) is 29.8 Å². The molecule has 0 spiro atoms. The van der Waals surface area contributed by atoms with Crippen molar-refractivity contribution >= 4 is 12.5 Å². The van der Waals surface area contributed by atoms with E-state index in [0.29, 0.717) is 5.56 Å². The molecule has 0 unspecified atom stereocenters. The van der Waals surface area contributed by atoms with Crippen LogP contribution in [0.25, 0.3) is 0 Å². The lowest BCUT2D eigenvalue weighted by molar-refractivity contribution is -0.0979. The van der Waals surface area contributed by atoms with Crippen LogP contribution in [0.15, 0.2) is 24.3 Å². The maximum Gasteiger partial charge on any atom is 0.106 e. The van der Waals surface area contributed by atoms with Gasteiger partial charge in [0.15, 0.2) is 0 Å². The van der Waals surface area contributed by atoms with Crippen LogP contribution in [-0.4, -0.2) is 63.9 Å². The minimum atomic E-state index is 0.694. The molecule has 1 saturated heterocycles. The van der Waals surface area contributed by atoms with Crippen LogP contribution in [0, 0.1) is 11.3 Å². The van der Waals surface area contributed by atoms with Gasteiger partial charge in [0.2, 0.25) is 0 Å². The standard InChI is InChI=1S/C8H8N2.C6H14N2.CH2O/c1-10-8-4-2-7(6-9)3-5-8;1-7-3-5-8(2)6-4-7;1-2/h2-5,10H,1H3;3-6H2,1-2H3;1H2. The highest BCUT2D eigenvalue weighted by Crippen LogP contribution is 2.06. The van der Waals surface area contributed by atoms with Crippen LogP contribution in [0.1, 0.15) is 5.56 Å². The zero-order chi connectivity index (χ0) is 15.4. The van der Waals surface area contributed by atoms with E-state index in [1.807, 2.05) is 26.0 Å². The third kappa shape index (κ3) is 7.52. The van der Waals surface area contributed by atoms with E-state index < -0.39 is 0 Å². The molecule has 1 fully saturated rings. The number of nitrogens with zero attached hydrogens (tertiary/aromatic N) is 3. The van der Waals surface area contributed by atoms with E-state index in [-0.39, 0.29) is 0 Å². The molecule has 0 saturated carbocycles. The van der Waals surface area contributed by atoms with Gasteiger partial charge in [-0.3, -0.25) is 0 Å². The van der Waals surface area contributed by atoms with E-state index in [2.05, 4.69) is 35.3 Å². The number of hydrogen-bond acceptors (Lipinski definition) is 5. The number of hydrogen-bond donors (Lipinski definition) is 1. The van der Waals surface area contributed by atoms with Gasteiger partial charge in [-0.05, 0) is 38.4 Å². The lowest BCUT2D eigenvalue weighted by Gasteiger charge is -2.28. The Hall–Kier alpha value is -1.90. The third-order valence-electron chi connectivity index (χ3n) is 3.03. The fourth-order valence-electron chi connectivity index (χ4n) is 1.62.